The van der Waals surface area contributed by atoms with Gasteiger partial charge in [-0.05, 0) is 42.8 Å². The lowest BCUT2D eigenvalue weighted by Crippen LogP contribution is -2.36. The molecule has 0 atom stereocenters. The molecule has 146 valence electrons. The lowest BCUT2D eigenvalue weighted by Gasteiger charge is -2.27. The Morgan fingerprint density at radius 1 is 0.964 bits per heavy atom. The molecule has 0 saturated carbocycles. The van der Waals surface area contributed by atoms with E-state index in [-0.39, 0.29) is 0 Å². The molecule has 0 amide bonds. The minimum absolute atomic E-state index is 0.638. The Kier molecular flexibility index (Phi) is 5.82. The van der Waals surface area contributed by atoms with Crippen molar-refractivity contribution in [2.75, 3.05) is 26.3 Å². The number of benzene rings is 1. The number of pyridine rings is 1. The van der Waals surface area contributed by atoms with Gasteiger partial charge in [0.1, 0.15) is 23.9 Å². The molecule has 0 saturated heterocycles. The van der Waals surface area contributed by atoms with Crippen molar-refractivity contribution in [3.05, 3.63) is 54.6 Å². The van der Waals surface area contributed by atoms with Crippen molar-refractivity contribution >= 4 is 0 Å². The Balaban J connectivity index is 1.28. The number of ether oxygens (including phenoxy) is 2. The van der Waals surface area contributed by atoms with E-state index in [1.165, 1.54) is 0 Å². The standard InChI is InChI=1S/C21H25N5O2/c1-2-13-27-18-5-7-19(8-6-18)28-14-12-25-10-11-26-20(16-25)23-24-21(26)17-4-3-9-22-15-17/h3-9,15H,2,10-14,16H2,1H3. The van der Waals surface area contributed by atoms with Crippen LogP contribution in [0.2, 0.25) is 0 Å². The average molecular weight is 379 g/mol. The molecule has 1 aliphatic heterocycles. The monoisotopic (exact) mass is 379 g/mol. The maximum atomic E-state index is 5.88. The number of hydrogen-bond acceptors (Lipinski definition) is 6. The first-order valence-electron chi connectivity index (χ1n) is 9.74. The van der Waals surface area contributed by atoms with Crippen LogP contribution >= 0.6 is 0 Å². The van der Waals surface area contributed by atoms with E-state index in [0.29, 0.717) is 6.61 Å². The van der Waals surface area contributed by atoms with Crippen LogP contribution in [0, 0.1) is 0 Å². The molecule has 0 N–H and O–H groups in total. The molecule has 1 aliphatic rings. The van der Waals surface area contributed by atoms with Crippen LogP contribution in [0.3, 0.4) is 0 Å². The van der Waals surface area contributed by atoms with Crippen LogP contribution < -0.4 is 9.47 Å². The van der Waals surface area contributed by atoms with Gasteiger partial charge in [-0.1, -0.05) is 6.92 Å². The molecule has 2 aromatic heterocycles. The Morgan fingerprint density at radius 3 is 2.46 bits per heavy atom. The minimum Gasteiger partial charge on any atom is -0.494 e. The Morgan fingerprint density at radius 2 is 1.75 bits per heavy atom. The third-order valence-corrected chi connectivity index (χ3v) is 4.72. The maximum absolute atomic E-state index is 5.88. The SMILES string of the molecule is CCCOc1ccc(OCCN2CCn3c(nnc3-c3cccnc3)C2)cc1. The first kappa shape index (κ1) is 18.4. The van der Waals surface area contributed by atoms with Crippen LogP contribution in [-0.4, -0.2) is 51.0 Å². The molecule has 7 heteroatoms. The summed E-state index contributed by atoms with van der Waals surface area (Å²) in [6.07, 6.45) is 4.60. The zero-order valence-electron chi connectivity index (χ0n) is 16.1. The first-order chi connectivity index (χ1) is 13.8. The topological polar surface area (TPSA) is 65.3 Å². The fourth-order valence-electron chi connectivity index (χ4n) is 3.25. The predicted octanol–water partition coefficient (Wildman–Crippen LogP) is 3.02. The lowest BCUT2D eigenvalue weighted by atomic mass is 10.2. The van der Waals surface area contributed by atoms with Gasteiger partial charge in [-0.15, -0.1) is 10.2 Å². The summed E-state index contributed by atoms with van der Waals surface area (Å²) in [7, 11) is 0. The van der Waals surface area contributed by atoms with Gasteiger partial charge < -0.3 is 14.0 Å². The van der Waals surface area contributed by atoms with Gasteiger partial charge in [0.15, 0.2) is 5.82 Å². The molecule has 0 unspecified atom stereocenters. The van der Waals surface area contributed by atoms with E-state index in [1.54, 1.807) is 6.20 Å². The Labute approximate surface area is 164 Å². The number of fused-ring (bicyclic) bond motifs is 1. The largest absolute Gasteiger partial charge is 0.494 e. The second-order valence-electron chi connectivity index (χ2n) is 6.78. The average Bonchev–Trinajstić information content (AvgIpc) is 3.17. The van der Waals surface area contributed by atoms with Gasteiger partial charge in [-0.25, -0.2) is 0 Å². The van der Waals surface area contributed by atoms with Crippen LogP contribution in [0.1, 0.15) is 19.2 Å². The van der Waals surface area contributed by atoms with Gasteiger partial charge in [0.05, 0.1) is 13.2 Å². The molecule has 0 fully saturated rings. The summed E-state index contributed by atoms with van der Waals surface area (Å²) >= 11 is 0. The molecule has 28 heavy (non-hydrogen) atoms. The van der Waals surface area contributed by atoms with Crippen molar-refractivity contribution < 1.29 is 9.47 Å². The summed E-state index contributed by atoms with van der Waals surface area (Å²) in [6, 6.07) is 11.8. The molecule has 0 aliphatic carbocycles. The van der Waals surface area contributed by atoms with Crippen LogP contribution in [0.5, 0.6) is 11.5 Å². The number of rotatable bonds is 8. The van der Waals surface area contributed by atoms with Crippen molar-refractivity contribution in [1.29, 1.82) is 0 Å². The molecule has 1 aromatic carbocycles. The Hall–Kier alpha value is -2.93. The van der Waals surface area contributed by atoms with Crippen molar-refractivity contribution in [1.82, 2.24) is 24.6 Å². The van der Waals surface area contributed by atoms with Crippen molar-refractivity contribution in [3.8, 4) is 22.9 Å². The normalized spacial score (nSPS) is 13.9. The smallest absolute Gasteiger partial charge is 0.165 e. The first-order valence-corrected chi connectivity index (χ1v) is 9.74. The molecular formula is C21H25N5O2. The fraction of sp³-hybridized carbons (Fsp3) is 0.381. The van der Waals surface area contributed by atoms with Gasteiger partial charge in [-0.3, -0.25) is 9.88 Å². The molecule has 0 radical (unpaired) electrons. The zero-order chi connectivity index (χ0) is 19.2. The van der Waals surface area contributed by atoms with Crippen LogP contribution in [0.4, 0.5) is 0 Å². The zero-order valence-corrected chi connectivity index (χ0v) is 16.1. The highest BCUT2D eigenvalue weighted by Crippen LogP contribution is 2.21. The van der Waals surface area contributed by atoms with Crippen molar-refractivity contribution in [2.24, 2.45) is 0 Å². The van der Waals surface area contributed by atoms with Gasteiger partial charge in [0, 0.05) is 37.6 Å². The van der Waals surface area contributed by atoms with Crippen molar-refractivity contribution in [3.63, 3.8) is 0 Å². The van der Waals surface area contributed by atoms with E-state index >= 15 is 0 Å². The highest BCUT2D eigenvalue weighted by molar-refractivity contribution is 5.53. The highest BCUT2D eigenvalue weighted by Gasteiger charge is 2.21. The fourth-order valence-corrected chi connectivity index (χ4v) is 3.25. The second kappa shape index (κ2) is 8.84. The third kappa shape index (κ3) is 4.31. The van der Waals surface area contributed by atoms with E-state index in [0.717, 1.165) is 67.9 Å². The molecule has 0 bridgehead atoms. The van der Waals surface area contributed by atoms with E-state index in [9.17, 15) is 0 Å². The minimum atomic E-state index is 0.638. The number of nitrogens with zero attached hydrogens (tertiary/aromatic N) is 5. The van der Waals surface area contributed by atoms with Gasteiger partial charge in [0.2, 0.25) is 0 Å². The quantitative estimate of drug-likeness (QED) is 0.599. The van der Waals surface area contributed by atoms with Gasteiger partial charge in [0.25, 0.3) is 0 Å². The van der Waals surface area contributed by atoms with E-state index in [1.807, 2.05) is 42.6 Å². The van der Waals surface area contributed by atoms with Crippen LogP contribution in [0.25, 0.3) is 11.4 Å². The Bertz CT molecular complexity index is 880. The van der Waals surface area contributed by atoms with Crippen LogP contribution in [-0.2, 0) is 13.1 Å². The summed E-state index contributed by atoms with van der Waals surface area (Å²) in [5.74, 6) is 3.63. The molecule has 4 rings (SSSR count). The highest BCUT2D eigenvalue weighted by atomic mass is 16.5. The van der Waals surface area contributed by atoms with Gasteiger partial charge >= 0.3 is 0 Å². The summed E-state index contributed by atoms with van der Waals surface area (Å²) in [5.41, 5.74) is 1.00. The maximum Gasteiger partial charge on any atom is 0.165 e. The molecular weight excluding hydrogens is 354 g/mol. The molecule has 3 heterocycles. The molecule has 3 aromatic rings. The van der Waals surface area contributed by atoms with E-state index in [4.69, 9.17) is 9.47 Å². The number of aromatic nitrogens is 4. The summed E-state index contributed by atoms with van der Waals surface area (Å²) in [6.45, 7) is 6.92. The van der Waals surface area contributed by atoms with Crippen molar-refractivity contribution in [2.45, 2.75) is 26.4 Å². The lowest BCUT2D eigenvalue weighted by molar-refractivity contribution is 0.175. The molecule has 0 spiro atoms. The predicted molar refractivity (Wildman–Crippen MR) is 106 cm³/mol. The summed E-state index contributed by atoms with van der Waals surface area (Å²) < 4.78 is 13.7. The third-order valence-electron chi connectivity index (χ3n) is 4.72. The summed E-state index contributed by atoms with van der Waals surface area (Å²) in [4.78, 5) is 6.52. The van der Waals surface area contributed by atoms with E-state index < -0.39 is 0 Å². The van der Waals surface area contributed by atoms with Gasteiger partial charge in [-0.2, -0.15) is 0 Å². The summed E-state index contributed by atoms with van der Waals surface area (Å²) in [5, 5.41) is 8.74. The molecule has 7 nitrogen and oxygen atoms in total. The van der Waals surface area contributed by atoms with E-state index in [2.05, 4.69) is 31.6 Å². The number of hydrogen-bond donors (Lipinski definition) is 0. The van der Waals surface area contributed by atoms with Crippen LogP contribution in [0.15, 0.2) is 48.8 Å². The second-order valence-corrected chi connectivity index (χ2v) is 6.78.